The summed E-state index contributed by atoms with van der Waals surface area (Å²) in [5, 5.41) is 13.9. The minimum atomic E-state index is -0.413. The number of methoxy groups -OCH3 is 1. The van der Waals surface area contributed by atoms with E-state index in [0.29, 0.717) is 31.5 Å². The van der Waals surface area contributed by atoms with E-state index in [2.05, 4.69) is 20.9 Å². The molecule has 20 heavy (non-hydrogen) atoms. The van der Waals surface area contributed by atoms with Crippen LogP contribution in [0.25, 0.3) is 0 Å². The summed E-state index contributed by atoms with van der Waals surface area (Å²) in [6, 6.07) is 0.303. The molecule has 0 saturated carbocycles. The number of nitrogens with one attached hydrogen (secondary N) is 2. The highest BCUT2D eigenvalue weighted by Crippen LogP contribution is 2.21. The number of ether oxygens (including phenoxy) is 2. The van der Waals surface area contributed by atoms with E-state index in [0.717, 1.165) is 19.5 Å². The van der Waals surface area contributed by atoms with E-state index in [-0.39, 0.29) is 5.91 Å². The summed E-state index contributed by atoms with van der Waals surface area (Å²) in [6.07, 6.45) is 2.47. The zero-order valence-corrected chi connectivity index (χ0v) is 11.5. The molecule has 8 heteroatoms. The van der Waals surface area contributed by atoms with Gasteiger partial charge in [-0.15, -0.1) is 5.10 Å². The van der Waals surface area contributed by atoms with Gasteiger partial charge in [0, 0.05) is 39.8 Å². The molecule has 0 spiro atoms. The van der Waals surface area contributed by atoms with Crippen molar-refractivity contribution >= 4 is 5.91 Å². The standard InChI is InChI=1S/C12H19N5O3/c1-19-12(2-3-20-8-12)7-14-11(18)10-6-17(16-15-10)9-4-13-5-9/h6,9,13H,2-5,7-8H2,1H3,(H,14,18). The summed E-state index contributed by atoms with van der Waals surface area (Å²) in [4.78, 5) is 12.1. The molecule has 2 aliphatic rings. The molecule has 1 amide bonds. The Bertz CT molecular complexity index is 479. The third kappa shape index (κ3) is 2.54. The van der Waals surface area contributed by atoms with Crippen molar-refractivity contribution in [2.75, 3.05) is 40.0 Å². The molecule has 0 radical (unpaired) electrons. The molecule has 110 valence electrons. The van der Waals surface area contributed by atoms with Gasteiger partial charge in [0.2, 0.25) is 0 Å². The lowest BCUT2D eigenvalue weighted by Gasteiger charge is -2.26. The molecule has 1 atom stereocenters. The average Bonchev–Trinajstić information content (AvgIpc) is 3.04. The molecule has 1 aromatic heterocycles. The molecule has 0 aliphatic carbocycles. The molecule has 8 nitrogen and oxygen atoms in total. The molecule has 1 aromatic rings. The van der Waals surface area contributed by atoms with E-state index in [9.17, 15) is 4.79 Å². The lowest BCUT2D eigenvalue weighted by molar-refractivity contribution is -0.0149. The fourth-order valence-corrected chi connectivity index (χ4v) is 2.31. The predicted octanol–water partition coefficient (Wildman–Crippen LogP) is -1.04. The first kappa shape index (κ1) is 13.5. The lowest BCUT2D eigenvalue weighted by atomic mass is 10.0. The van der Waals surface area contributed by atoms with Crippen LogP contribution in [0, 0.1) is 0 Å². The SMILES string of the molecule is COC1(CNC(=O)c2cn(C3CNC3)nn2)CCOC1. The molecular formula is C12H19N5O3. The van der Waals surface area contributed by atoms with Crippen molar-refractivity contribution in [2.24, 2.45) is 0 Å². The van der Waals surface area contributed by atoms with Gasteiger partial charge in [0.05, 0.1) is 18.8 Å². The van der Waals surface area contributed by atoms with Gasteiger partial charge in [0.25, 0.3) is 5.91 Å². The highest BCUT2D eigenvalue weighted by atomic mass is 16.5. The van der Waals surface area contributed by atoms with Crippen molar-refractivity contribution < 1.29 is 14.3 Å². The van der Waals surface area contributed by atoms with Gasteiger partial charge in [0.15, 0.2) is 5.69 Å². The summed E-state index contributed by atoms with van der Waals surface area (Å²) in [6.45, 7) is 3.32. The molecule has 2 aliphatic heterocycles. The number of carbonyl (C=O) groups is 1. The number of hydrogen-bond acceptors (Lipinski definition) is 6. The zero-order chi connectivity index (χ0) is 14.0. The zero-order valence-electron chi connectivity index (χ0n) is 11.5. The second-order valence-corrected chi connectivity index (χ2v) is 5.27. The summed E-state index contributed by atoms with van der Waals surface area (Å²) in [5.74, 6) is -0.230. The van der Waals surface area contributed by atoms with E-state index in [4.69, 9.17) is 9.47 Å². The minimum absolute atomic E-state index is 0.230. The number of hydrogen-bond donors (Lipinski definition) is 2. The Hall–Kier alpha value is -1.51. The fraction of sp³-hybridized carbons (Fsp3) is 0.750. The first-order chi connectivity index (χ1) is 9.72. The van der Waals surface area contributed by atoms with Gasteiger partial charge < -0.3 is 20.1 Å². The number of nitrogens with zero attached hydrogens (tertiary/aromatic N) is 3. The Labute approximate surface area is 116 Å². The Morgan fingerprint density at radius 2 is 2.55 bits per heavy atom. The van der Waals surface area contributed by atoms with Crippen molar-refractivity contribution in [2.45, 2.75) is 18.1 Å². The smallest absolute Gasteiger partial charge is 0.273 e. The van der Waals surface area contributed by atoms with E-state index < -0.39 is 5.60 Å². The largest absolute Gasteiger partial charge is 0.378 e. The summed E-state index contributed by atoms with van der Waals surface area (Å²) in [7, 11) is 1.64. The molecule has 3 rings (SSSR count). The van der Waals surface area contributed by atoms with E-state index in [1.807, 2.05) is 0 Å². The van der Waals surface area contributed by atoms with Crippen LogP contribution in [0.4, 0.5) is 0 Å². The van der Waals surface area contributed by atoms with Gasteiger partial charge in [-0.3, -0.25) is 4.79 Å². The van der Waals surface area contributed by atoms with Crippen LogP contribution in [0.2, 0.25) is 0 Å². The van der Waals surface area contributed by atoms with Crippen molar-refractivity contribution in [3.8, 4) is 0 Å². The lowest BCUT2D eigenvalue weighted by Crippen LogP contribution is -2.45. The van der Waals surface area contributed by atoms with Crippen molar-refractivity contribution in [1.29, 1.82) is 0 Å². The molecule has 0 bridgehead atoms. The number of aromatic nitrogens is 3. The molecule has 2 fully saturated rings. The van der Waals surface area contributed by atoms with Crippen LogP contribution in [0.1, 0.15) is 23.0 Å². The molecule has 1 unspecified atom stereocenters. The normalized spacial score (nSPS) is 26.4. The molecule has 3 heterocycles. The number of amides is 1. The maximum absolute atomic E-state index is 12.1. The highest BCUT2D eigenvalue weighted by molar-refractivity contribution is 5.91. The summed E-state index contributed by atoms with van der Waals surface area (Å²) < 4.78 is 12.5. The fourth-order valence-electron chi connectivity index (χ4n) is 2.31. The van der Waals surface area contributed by atoms with Gasteiger partial charge in [-0.1, -0.05) is 5.21 Å². The van der Waals surface area contributed by atoms with Crippen LogP contribution in [0.5, 0.6) is 0 Å². The monoisotopic (exact) mass is 281 g/mol. The summed E-state index contributed by atoms with van der Waals surface area (Å²) >= 11 is 0. The van der Waals surface area contributed by atoms with Crippen LogP contribution in [-0.2, 0) is 9.47 Å². The maximum atomic E-state index is 12.1. The van der Waals surface area contributed by atoms with Crippen LogP contribution >= 0.6 is 0 Å². The van der Waals surface area contributed by atoms with Crippen LogP contribution in [0.15, 0.2) is 6.20 Å². The number of rotatable bonds is 5. The predicted molar refractivity (Wildman–Crippen MR) is 69.4 cm³/mol. The van der Waals surface area contributed by atoms with Gasteiger partial charge in [-0.25, -0.2) is 4.68 Å². The molecule has 2 saturated heterocycles. The van der Waals surface area contributed by atoms with E-state index in [1.165, 1.54) is 0 Å². The molecule has 0 aromatic carbocycles. The average molecular weight is 281 g/mol. The van der Waals surface area contributed by atoms with Crippen LogP contribution in [-0.4, -0.2) is 66.5 Å². The quantitative estimate of drug-likeness (QED) is 0.716. The topological polar surface area (TPSA) is 90.3 Å². The van der Waals surface area contributed by atoms with Gasteiger partial charge >= 0.3 is 0 Å². The van der Waals surface area contributed by atoms with Gasteiger partial charge in [-0.2, -0.15) is 0 Å². The van der Waals surface area contributed by atoms with Crippen molar-refractivity contribution in [1.82, 2.24) is 25.6 Å². The van der Waals surface area contributed by atoms with Crippen LogP contribution < -0.4 is 10.6 Å². The summed E-state index contributed by atoms with van der Waals surface area (Å²) in [5.41, 5.74) is -0.0779. The van der Waals surface area contributed by atoms with E-state index in [1.54, 1.807) is 18.0 Å². The third-order valence-electron chi connectivity index (χ3n) is 3.95. The first-order valence-corrected chi connectivity index (χ1v) is 6.76. The Balaban J connectivity index is 1.57. The van der Waals surface area contributed by atoms with Gasteiger partial charge in [0.1, 0.15) is 5.60 Å². The number of carbonyl (C=O) groups excluding carboxylic acids is 1. The van der Waals surface area contributed by atoms with Crippen molar-refractivity contribution in [3.63, 3.8) is 0 Å². The van der Waals surface area contributed by atoms with E-state index >= 15 is 0 Å². The Kier molecular flexibility index (Phi) is 3.68. The molecular weight excluding hydrogens is 262 g/mol. The Morgan fingerprint density at radius 3 is 3.15 bits per heavy atom. The first-order valence-electron chi connectivity index (χ1n) is 6.76. The minimum Gasteiger partial charge on any atom is -0.378 e. The second kappa shape index (κ2) is 5.47. The van der Waals surface area contributed by atoms with Gasteiger partial charge in [-0.05, 0) is 0 Å². The van der Waals surface area contributed by atoms with Crippen molar-refractivity contribution in [3.05, 3.63) is 11.9 Å². The maximum Gasteiger partial charge on any atom is 0.273 e. The third-order valence-corrected chi connectivity index (χ3v) is 3.95. The van der Waals surface area contributed by atoms with Crippen LogP contribution in [0.3, 0.4) is 0 Å². The molecule has 2 N–H and O–H groups in total. The Morgan fingerprint density at radius 1 is 1.70 bits per heavy atom. The highest BCUT2D eigenvalue weighted by Gasteiger charge is 2.35. The second-order valence-electron chi connectivity index (χ2n) is 5.27.